The van der Waals surface area contributed by atoms with Crippen LogP contribution in [0.1, 0.15) is 35.7 Å². The normalized spacial score (nSPS) is 21.9. The minimum atomic E-state index is -0.318. The molecule has 2 amide bonds. The number of amides is 2. The number of benzene rings is 1. The maximum absolute atomic E-state index is 13.2. The number of morpholine rings is 1. The number of nitrogens with zero attached hydrogens (tertiary/aromatic N) is 3. The van der Waals surface area contributed by atoms with Crippen LogP contribution in [0.15, 0.2) is 42.4 Å². The van der Waals surface area contributed by atoms with Gasteiger partial charge in [-0.05, 0) is 50.1 Å². The molecule has 2 aromatic heterocycles. The Morgan fingerprint density at radius 1 is 1.23 bits per heavy atom. The Bertz CT molecular complexity index is 1370. The summed E-state index contributed by atoms with van der Waals surface area (Å²) in [6.45, 7) is 4.05. The number of hydrogen-bond acceptors (Lipinski definition) is 6. The van der Waals surface area contributed by atoms with Gasteiger partial charge in [-0.3, -0.25) is 4.79 Å². The molecule has 0 aliphatic carbocycles. The van der Waals surface area contributed by atoms with Gasteiger partial charge in [-0.15, -0.1) is 0 Å². The Balaban J connectivity index is 1.34. The van der Waals surface area contributed by atoms with Crippen LogP contribution in [0.25, 0.3) is 17.1 Å². The number of nitrogens with one attached hydrogen (secondary N) is 2. The summed E-state index contributed by atoms with van der Waals surface area (Å²) < 4.78 is 13.9. The van der Waals surface area contributed by atoms with Crippen molar-refractivity contribution in [3.63, 3.8) is 0 Å². The lowest BCUT2D eigenvalue weighted by molar-refractivity contribution is 0.0306. The number of aromatic nitrogens is 2. The molecule has 0 radical (unpaired) electrons. The molecule has 2 N–H and O–H groups in total. The molecule has 0 spiro atoms. The van der Waals surface area contributed by atoms with Crippen LogP contribution in [0, 0.1) is 0 Å². The van der Waals surface area contributed by atoms with E-state index in [1.54, 1.807) is 24.3 Å². The standard InChI is InChI=1S/C26H27N5O4/c1-3-27-26(33)29-16-4-7-21-19(11-16)24(32)22(35-21)10-15-12-30(2)25-23(15)20(8-9-28-25)31-13-17-5-6-18(14-31)34-17/h4,7-12,17-18H,3,5-6,13-14H2,1-2H3,(H2,27,29,33). The first kappa shape index (κ1) is 21.7. The van der Waals surface area contributed by atoms with Crippen molar-refractivity contribution in [2.45, 2.75) is 32.0 Å². The fraction of sp³-hybridized carbons (Fsp3) is 0.346. The van der Waals surface area contributed by atoms with E-state index in [-0.39, 0.29) is 29.8 Å². The molecule has 1 aromatic carbocycles. The van der Waals surface area contributed by atoms with Gasteiger partial charge in [0.2, 0.25) is 5.78 Å². The number of pyridine rings is 1. The fourth-order valence-corrected chi connectivity index (χ4v) is 5.25. The quantitative estimate of drug-likeness (QED) is 0.561. The molecule has 2 fully saturated rings. The largest absolute Gasteiger partial charge is 0.452 e. The summed E-state index contributed by atoms with van der Waals surface area (Å²) in [7, 11) is 1.95. The van der Waals surface area contributed by atoms with Crippen molar-refractivity contribution in [3.05, 3.63) is 53.5 Å². The molecule has 9 heteroatoms. The Morgan fingerprint density at radius 2 is 2.03 bits per heavy atom. The van der Waals surface area contributed by atoms with E-state index in [1.165, 1.54) is 0 Å². The molecule has 9 nitrogen and oxygen atoms in total. The lowest BCUT2D eigenvalue weighted by atomic mass is 10.1. The zero-order valence-corrected chi connectivity index (χ0v) is 19.7. The highest BCUT2D eigenvalue weighted by Crippen LogP contribution is 2.38. The highest BCUT2D eigenvalue weighted by atomic mass is 16.5. The number of aryl methyl sites for hydroxylation is 1. The average Bonchev–Trinajstić information content (AvgIpc) is 3.47. The molecular weight excluding hydrogens is 446 g/mol. The number of fused-ring (bicyclic) bond motifs is 4. The molecule has 35 heavy (non-hydrogen) atoms. The van der Waals surface area contributed by atoms with E-state index in [1.807, 2.05) is 37.0 Å². The van der Waals surface area contributed by atoms with Gasteiger partial charge in [0.05, 0.1) is 23.5 Å². The molecule has 2 unspecified atom stereocenters. The molecule has 2 atom stereocenters. The third-order valence-corrected chi connectivity index (χ3v) is 6.80. The molecule has 2 saturated heterocycles. The molecule has 5 heterocycles. The minimum Gasteiger partial charge on any atom is -0.452 e. The first-order valence-electron chi connectivity index (χ1n) is 12.0. The number of urea groups is 1. The highest BCUT2D eigenvalue weighted by Gasteiger charge is 2.35. The third kappa shape index (κ3) is 3.81. The zero-order chi connectivity index (χ0) is 24.1. The van der Waals surface area contributed by atoms with Crippen molar-refractivity contribution in [1.29, 1.82) is 0 Å². The second-order valence-electron chi connectivity index (χ2n) is 9.22. The Hall–Kier alpha value is -3.85. The summed E-state index contributed by atoms with van der Waals surface area (Å²) in [6.07, 6.45) is 8.32. The number of allylic oxidation sites excluding steroid dienone is 1. The number of anilines is 2. The number of carbonyl (C=O) groups excluding carboxylic acids is 2. The van der Waals surface area contributed by atoms with Crippen molar-refractivity contribution in [3.8, 4) is 5.75 Å². The topological polar surface area (TPSA) is 97.7 Å². The molecule has 3 aliphatic heterocycles. The van der Waals surface area contributed by atoms with Crippen molar-refractivity contribution in [1.82, 2.24) is 14.9 Å². The highest BCUT2D eigenvalue weighted by molar-refractivity contribution is 6.16. The number of Topliss-reactive ketones (excluding diaryl/α,β-unsaturated/α-hetero) is 1. The molecule has 3 aromatic rings. The van der Waals surface area contributed by atoms with Crippen molar-refractivity contribution in [2.24, 2.45) is 7.05 Å². The van der Waals surface area contributed by atoms with E-state index in [4.69, 9.17) is 9.47 Å². The summed E-state index contributed by atoms with van der Waals surface area (Å²) in [6, 6.07) is 6.79. The first-order valence-corrected chi connectivity index (χ1v) is 12.0. The minimum absolute atomic E-state index is 0.216. The molecule has 0 saturated carbocycles. The van der Waals surface area contributed by atoms with Crippen LogP contribution >= 0.6 is 0 Å². The summed E-state index contributed by atoms with van der Waals surface area (Å²) in [5.74, 6) is 0.511. The van der Waals surface area contributed by atoms with Crippen molar-refractivity contribution < 1.29 is 19.1 Å². The summed E-state index contributed by atoms with van der Waals surface area (Å²) in [5, 5.41) is 6.41. The van der Waals surface area contributed by atoms with Gasteiger partial charge in [0, 0.05) is 55.7 Å². The second kappa shape index (κ2) is 8.42. The van der Waals surface area contributed by atoms with E-state index >= 15 is 0 Å². The van der Waals surface area contributed by atoms with Gasteiger partial charge in [0.15, 0.2) is 5.76 Å². The van der Waals surface area contributed by atoms with Crippen LogP contribution in [0.3, 0.4) is 0 Å². The molecular formula is C26H27N5O4. The van der Waals surface area contributed by atoms with Gasteiger partial charge in [-0.2, -0.15) is 0 Å². The first-order chi connectivity index (χ1) is 17.0. The number of hydrogen-bond donors (Lipinski definition) is 2. The molecule has 180 valence electrons. The van der Waals surface area contributed by atoms with Crippen LogP contribution in [-0.4, -0.2) is 53.2 Å². The van der Waals surface area contributed by atoms with Crippen LogP contribution in [0.2, 0.25) is 0 Å². The molecule has 6 rings (SSSR count). The molecule has 3 aliphatic rings. The average molecular weight is 474 g/mol. The predicted molar refractivity (Wildman–Crippen MR) is 133 cm³/mol. The van der Waals surface area contributed by atoms with Crippen LogP contribution in [-0.2, 0) is 11.8 Å². The lowest BCUT2D eigenvalue weighted by Crippen LogP contribution is -2.42. The number of carbonyl (C=O) groups is 2. The SMILES string of the molecule is CCNC(=O)Nc1ccc2c(c1)C(=O)C(=Cc1cn(C)c3nccc(N4CC5CCC(C4)O5)c13)O2. The van der Waals surface area contributed by atoms with Crippen LogP contribution in [0.4, 0.5) is 16.2 Å². The Labute approximate surface area is 202 Å². The van der Waals surface area contributed by atoms with Gasteiger partial charge < -0.3 is 29.6 Å². The van der Waals surface area contributed by atoms with Crippen molar-refractivity contribution in [2.75, 3.05) is 29.9 Å². The van der Waals surface area contributed by atoms with E-state index in [0.717, 1.165) is 48.2 Å². The van der Waals surface area contributed by atoms with E-state index in [0.29, 0.717) is 23.5 Å². The Kier molecular flexibility index (Phi) is 5.21. The van der Waals surface area contributed by atoms with Gasteiger partial charge in [0.1, 0.15) is 11.4 Å². The number of ketones is 1. The van der Waals surface area contributed by atoms with Gasteiger partial charge in [-0.1, -0.05) is 0 Å². The van der Waals surface area contributed by atoms with E-state index < -0.39 is 0 Å². The monoisotopic (exact) mass is 473 g/mol. The maximum atomic E-state index is 13.2. The van der Waals surface area contributed by atoms with Gasteiger partial charge in [0.25, 0.3) is 0 Å². The van der Waals surface area contributed by atoms with E-state index in [9.17, 15) is 9.59 Å². The van der Waals surface area contributed by atoms with E-state index in [2.05, 4.69) is 20.5 Å². The third-order valence-electron chi connectivity index (χ3n) is 6.80. The van der Waals surface area contributed by atoms with Crippen LogP contribution in [0.5, 0.6) is 5.75 Å². The fourth-order valence-electron chi connectivity index (χ4n) is 5.25. The summed E-state index contributed by atoms with van der Waals surface area (Å²) in [4.78, 5) is 32.1. The lowest BCUT2D eigenvalue weighted by Gasteiger charge is -2.34. The summed E-state index contributed by atoms with van der Waals surface area (Å²) >= 11 is 0. The number of ether oxygens (including phenoxy) is 2. The zero-order valence-electron chi connectivity index (χ0n) is 19.7. The number of rotatable bonds is 4. The predicted octanol–water partition coefficient (Wildman–Crippen LogP) is 3.70. The smallest absolute Gasteiger partial charge is 0.319 e. The second-order valence-corrected chi connectivity index (χ2v) is 9.22. The Morgan fingerprint density at radius 3 is 2.80 bits per heavy atom. The maximum Gasteiger partial charge on any atom is 0.319 e. The van der Waals surface area contributed by atoms with Crippen LogP contribution < -0.4 is 20.3 Å². The molecule has 2 bridgehead atoms. The van der Waals surface area contributed by atoms with Crippen molar-refractivity contribution >= 4 is 40.3 Å². The van der Waals surface area contributed by atoms with Gasteiger partial charge >= 0.3 is 6.03 Å². The van der Waals surface area contributed by atoms with Gasteiger partial charge in [-0.25, -0.2) is 9.78 Å². The summed E-state index contributed by atoms with van der Waals surface area (Å²) in [5.41, 5.74) is 3.78.